The Morgan fingerprint density at radius 3 is 2.92 bits per heavy atom. The second kappa shape index (κ2) is 5.92. The zero-order chi connectivity index (χ0) is 17.3. The van der Waals surface area contributed by atoms with Gasteiger partial charge in [-0.1, -0.05) is 5.21 Å². The molecule has 0 radical (unpaired) electrons. The van der Waals surface area contributed by atoms with Crippen molar-refractivity contribution in [2.45, 2.75) is 13.5 Å². The van der Waals surface area contributed by atoms with Crippen LogP contribution in [0, 0.1) is 6.92 Å². The number of fused-ring (bicyclic) bond motifs is 1. The molecule has 10 nitrogen and oxygen atoms in total. The summed E-state index contributed by atoms with van der Waals surface area (Å²) in [6, 6.07) is 5.12. The number of oxazole rings is 1. The summed E-state index contributed by atoms with van der Waals surface area (Å²) in [6.07, 6.45) is 2.32. The van der Waals surface area contributed by atoms with Crippen LogP contribution < -0.4 is 10.0 Å². The van der Waals surface area contributed by atoms with E-state index in [1.54, 1.807) is 25.1 Å². The average molecular weight is 350 g/mol. The summed E-state index contributed by atoms with van der Waals surface area (Å²) >= 11 is 0. The Bertz CT molecular complexity index is 1010. The van der Waals surface area contributed by atoms with E-state index in [1.807, 2.05) is 0 Å². The second-order valence-electron chi connectivity index (χ2n) is 5.14. The predicted octanol–water partition coefficient (Wildman–Crippen LogP) is 0.738. The highest BCUT2D eigenvalue weighted by atomic mass is 32.2. The summed E-state index contributed by atoms with van der Waals surface area (Å²) in [7, 11) is -3.44. The minimum Gasteiger partial charge on any atom is -0.441 e. The number of aryl methyl sites for hydroxylation is 1. The summed E-state index contributed by atoms with van der Waals surface area (Å²) in [5, 5.41) is 10.0. The van der Waals surface area contributed by atoms with Gasteiger partial charge in [-0.25, -0.2) is 18.1 Å². The maximum absolute atomic E-state index is 12.0. The van der Waals surface area contributed by atoms with Crippen LogP contribution in [0.3, 0.4) is 0 Å². The van der Waals surface area contributed by atoms with Crippen molar-refractivity contribution in [3.63, 3.8) is 0 Å². The molecule has 2 heterocycles. The molecule has 0 unspecified atom stereocenters. The zero-order valence-corrected chi connectivity index (χ0v) is 13.7. The number of sulfonamides is 1. The summed E-state index contributed by atoms with van der Waals surface area (Å²) < 4.78 is 31.0. The zero-order valence-electron chi connectivity index (χ0n) is 12.8. The van der Waals surface area contributed by atoms with Gasteiger partial charge >= 0.3 is 0 Å². The van der Waals surface area contributed by atoms with Crippen molar-refractivity contribution in [3.8, 4) is 0 Å². The third-order valence-corrected chi connectivity index (χ3v) is 3.49. The fourth-order valence-corrected chi connectivity index (χ4v) is 2.55. The van der Waals surface area contributed by atoms with Crippen molar-refractivity contribution in [1.82, 2.24) is 20.0 Å². The Morgan fingerprint density at radius 2 is 2.17 bits per heavy atom. The summed E-state index contributed by atoms with van der Waals surface area (Å²) in [5.74, 6) is 0.243. The van der Waals surface area contributed by atoms with Crippen LogP contribution in [-0.4, -0.2) is 40.6 Å². The number of nitrogens with zero attached hydrogens (tertiary/aromatic N) is 4. The Kier molecular flexibility index (Phi) is 3.93. The molecule has 3 aromatic rings. The van der Waals surface area contributed by atoms with Crippen molar-refractivity contribution in [3.05, 3.63) is 30.3 Å². The fourth-order valence-electron chi connectivity index (χ4n) is 2.08. The van der Waals surface area contributed by atoms with E-state index >= 15 is 0 Å². The van der Waals surface area contributed by atoms with Gasteiger partial charge in [-0.2, -0.15) is 0 Å². The largest absolute Gasteiger partial charge is 0.441 e. The highest BCUT2D eigenvalue weighted by Crippen LogP contribution is 2.19. The number of carbonyl (C=O) groups excluding carboxylic acids is 1. The molecular formula is C13H14N6O4S. The number of carbonyl (C=O) groups is 1. The smallest absolute Gasteiger partial charge is 0.246 e. The monoisotopic (exact) mass is 350 g/mol. The fraction of sp³-hybridized carbons (Fsp3) is 0.231. The van der Waals surface area contributed by atoms with Gasteiger partial charge in [0.2, 0.25) is 15.9 Å². The third-order valence-electron chi connectivity index (χ3n) is 2.91. The number of nitrogens with one attached hydrogen (secondary N) is 2. The molecule has 0 bridgehead atoms. The Morgan fingerprint density at radius 1 is 1.38 bits per heavy atom. The van der Waals surface area contributed by atoms with Crippen molar-refractivity contribution >= 4 is 38.5 Å². The van der Waals surface area contributed by atoms with E-state index in [2.05, 4.69) is 25.3 Å². The van der Waals surface area contributed by atoms with E-state index in [4.69, 9.17) is 4.42 Å². The first-order chi connectivity index (χ1) is 11.3. The maximum Gasteiger partial charge on any atom is 0.246 e. The van der Waals surface area contributed by atoms with Gasteiger partial charge in [-0.15, -0.1) is 5.10 Å². The number of rotatable bonds is 5. The highest BCUT2D eigenvalue weighted by Gasteiger charge is 2.10. The number of anilines is 2. The Labute approximate surface area is 136 Å². The van der Waals surface area contributed by atoms with Gasteiger partial charge in [0.25, 0.3) is 0 Å². The minimum absolute atomic E-state index is 0.0452. The first-order valence-electron chi connectivity index (χ1n) is 6.83. The van der Waals surface area contributed by atoms with Crippen molar-refractivity contribution < 1.29 is 17.6 Å². The lowest BCUT2D eigenvalue weighted by atomic mass is 10.3. The SMILES string of the molecule is Cc1nc2ccc(NC(=O)Cn3cc(NS(C)(=O)=O)nn3)cc2o1. The van der Waals surface area contributed by atoms with Crippen LogP contribution in [0.1, 0.15) is 5.89 Å². The maximum atomic E-state index is 12.0. The molecule has 11 heteroatoms. The molecule has 0 fully saturated rings. The number of hydrogen-bond donors (Lipinski definition) is 2. The molecule has 3 rings (SSSR count). The van der Waals surface area contributed by atoms with Crippen LogP contribution in [-0.2, 0) is 21.4 Å². The molecule has 0 spiro atoms. The van der Waals surface area contributed by atoms with E-state index in [1.165, 1.54) is 10.9 Å². The van der Waals surface area contributed by atoms with Crippen LogP contribution in [0.15, 0.2) is 28.8 Å². The van der Waals surface area contributed by atoms with Crippen molar-refractivity contribution in [2.24, 2.45) is 0 Å². The van der Waals surface area contributed by atoms with E-state index in [0.717, 1.165) is 6.26 Å². The highest BCUT2D eigenvalue weighted by molar-refractivity contribution is 7.92. The number of benzene rings is 1. The van der Waals surface area contributed by atoms with Gasteiger partial charge in [-0.05, 0) is 12.1 Å². The first kappa shape index (κ1) is 15.9. The van der Waals surface area contributed by atoms with E-state index in [-0.39, 0.29) is 18.3 Å². The summed E-state index contributed by atoms with van der Waals surface area (Å²) in [6.45, 7) is 1.62. The molecule has 0 aliphatic rings. The lowest BCUT2D eigenvalue weighted by molar-refractivity contribution is -0.116. The molecule has 0 aliphatic carbocycles. The third kappa shape index (κ3) is 3.87. The van der Waals surface area contributed by atoms with Gasteiger partial charge in [0, 0.05) is 18.7 Å². The van der Waals surface area contributed by atoms with Gasteiger partial charge in [0.1, 0.15) is 12.1 Å². The average Bonchev–Trinajstić information content (AvgIpc) is 3.01. The van der Waals surface area contributed by atoms with Crippen LogP contribution in [0.25, 0.3) is 11.1 Å². The topological polar surface area (TPSA) is 132 Å². The number of hydrogen-bond acceptors (Lipinski definition) is 7. The lowest BCUT2D eigenvalue weighted by Gasteiger charge is -2.04. The molecule has 0 saturated heterocycles. The van der Waals surface area contributed by atoms with E-state index < -0.39 is 10.0 Å². The van der Waals surface area contributed by atoms with Gasteiger partial charge in [0.15, 0.2) is 17.3 Å². The predicted molar refractivity (Wildman–Crippen MR) is 85.9 cm³/mol. The number of aromatic nitrogens is 4. The van der Waals surface area contributed by atoms with Gasteiger partial charge in [-0.3, -0.25) is 9.52 Å². The molecule has 0 saturated carbocycles. The molecule has 2 aromatic heterocycles. The molecular weight excluding hydrogens is 336 g/mol. The second-order valence-corrected chi connectivity index (χ2v) is 6.89. The Balaban J connectivity index is 1.66. The molecule has 2 N–H and O–H groups in total. The standard InChI is InChI=1S/C13H14N6O4S/c1-8-14-10-4-3-9(5-11(10)23-8)15-13(20)7-19-6-12(16-18-19)17-24(2,21)22/h3-6,17H,7H2,1-2H3,(H,15,20). The number of amides is 1. The van der Waals surface area contributed by atoms with E-state index in [0.29, 0.717) is 22.7 Å². The molecule has 1 aromatic carbocycles. The molecule has 0 aliphatic heterocycles. The van der Waals surface area contributed by atoms with Crippen LogP contribution >= 0.6 is 0 Å². The minimum atomic E-state index is -3.44. The van der Waals surface area contributed by atoms with Crippen molar-refractivity contribution in [2.75, 3.05) is 16.3 Å². The normalized spacial score (nSPS) is 11.6. The Hall–Kier alpha value is -2.95. The quantitative estimate of drug-likeness (QED) is 0.693. The van der Waals surface area contributed by atoms with E-state index in [9.17, 15) is 13.2 Å². The summed E-state index contributed by atoms with van der Waals surface area (Å²) in [5.41, 5.74) is 1.84. The van der Waals surface area contributed by atoms with Gasteiger partial charge in [0.05, 0.1) is 12.5 Å². The molecule has 1 amide bonds. The lowest BCUT2D eigenvalue weighted by Crippen LogP contribution is -2.19. The first-order valence-corrected chi connectivity index (χ1v) is 8.72. The van der Waals surface area contributed by atoms with Crippen molar-refractivity contribution in [1.29, 1.82) is 0 Å². The molecule has 0 atom stereocenters. The van der Waals surface area contributed by atoms with Gasteiger partial charge < -0.3 is 9.73 Å². The molecule has 126 valence electrons. The van der Waals surface area contributed by atoms with Crippen LogP contribution in [0.4, 0.5) is 11.5 Å². The van der Waals surface area contributed by atoms with Crippen LogP contribution in [0.5, 0.6) is 0 Å². The summed E-state index contributed by atoms with van der Waals surface area (Å²) in [4.78, 5) is 16.2. The van der Waals surface area contributed by atoms with Crippen LogP contribution in [0.2, 0.25) is 0 Å². The molecule has 24 heavy (non-hydrogen) atoms.